The third-order valence-electron chi connectivity index (χ3n) is 4.69. The van der Waals surface area contributed by atoms with E-state index in [4.69, 9.17) is 0 Å². The molecular weight excluding hydrogens is 350 g/mol. The van der Waals surface area contributed by atoms with E-state index >= 15 is 0 Å². The molecule has 0 saturated carbocycles. The Bertz CT molecular complexity index is 1080. The molecule has 0 spiro atoms. The first-order valence-corrected chi connectivity index (χ1v) is 10.4. The van der Waals surface area contributed by atoms with Crippen LogP contribution in [0.25, 0.3) is 16.8 Å². The normalized spacial score (nSPS) is 14.9. The number of hydrogen-bond donors (Lipinski definition) is 0. The molecule has 0 unspecified atom stereocenters. The molecule has 0 aliphatic carbocycles. The van der Waals surface area contributed by atoms with E-state index in [-0.39, 0.29) is 10.8 Å². The number of carbonyl (C=O) groups is 1. The molecule has 1 saturated heterocycles. The summed E-state index contributed by atoms with van der Waals surface area (Å²) in [7, 11) is -3.25. The zero-order valence-electron chi connectivity index (χ0n) is 14.4. The van der Waals surface area contributed by atoms with Crippen LogP contribution in [0.2, 0.25) is 0 Å². The molecule has 0 N–H and O–H groups in total. The van der Waals surface area contributed by atoms with Crippen LogP contribution in [-0.2, 0) is 9.84 Å². The number of sulfone groups is 1. The zero-order valence-corrected chi connectivity index (χ0v) is 15.2. The lowest BCUT2D eigenvalue weighted by Gasteiger charge is -2.13. The summed E-state index contributed by atoms with van der Waals surface area (Å²) >= 11 is 0. The molecule has 4 rings (SSSR count). The number of likely N-dealkylation sites (tertiary alicyclic amines) is 1. The lowest BCUT2D eigenvalue weighted by molar-refractivity contribution is 0.0780. The molecule has 3 aromatic rings. The number of aromatic nitrogens is 2. The number of imidazole rings is 1. The van der Waals surface area contributed by atoms with Crippen LogP contribution in [0.3, 0.4) is 0 Å². The summed E-state index contributed by atoms with van der Waals surface area (Å²) in [5.41, 5.74) is 2.27. The van der Waals surface area contributed by atoms with Gasteiger partial charge in [-0.3, -0.25) is 9.20 Å². The van der Waals surface area contributed by atoms with Gasteiger partial charge in [-0.1, -0.05) is 18.2 Å². The molecule has 7 heteroatoms. The average Bonchev–Trinajstić information content (AvgIpc) is 3.29. The minimum Gasteiger partial charge on any atom is -0.336 e. The number of benzene rings is 1. The number of nitrogens with zero attached hydrogens (tertiary/aromatic N) is 3. The molecule has 1 aliphatic heterocycles. The van der Waals surface area contributed by atoms with E-state index in [1.807, 2.05) is 29.3 Å². The molecule has 0 bridgehead atoms. The quantitative estimate of drug-likeness (QED) is 0.711. The molecule has 26 heavy (non-hydrogen) atoms. The van der Waals surface area contributed by atoms with E-state index in [0.29, 0.717) is 11.5 Å². The van der Waals surface area contributed by atoms with Crippen molar-refractivity contribution in [3.63, 3.8) is 0 Å². The second kappa shape index (κ2) is 6.25. The lowest BCUT2D eigenvalue weighted by Crippen LogP contribution is -2.29. The van der Waals surface area contributed by atoms with Gasteiger partial charge in [0.25, 0.3) is 5.91 Å². The number of hydrogen-bond acceptors (Lipinski definition) is 4. The van der Waals surface area contributed by atoms with Crippen molar-refractivity contribution in [1.29, 1.82) is 0 Å². The zero-order chi connectivity index (χ0) is 18.3. The van der Waals surface area contributed by atoms with Gasteiger partial charge in [0.2, 0.25) is 5.82 Å². The smallest absolute Gasteiger partial charge is 0.290 e. The molecule has 1 aliphatic rings. The summed E-state index contributed by atoms with van der Waals surface area (Å²) in [6.45, 7) is 1.53. The number of rotatable bonds is 3. The molecule has 2 aromatic heterocycles. The number of pyridine rings is 1. The van der Waals surface area contributed by atoms with Gasteiger partial charge in [0.1, 0.15) is 0 Å². The van der Waals surface area contributed by atoms with E-state index in [0.717, 1.165) is 37.0 Å². The van der Waals surface area contributed by atoms with Crippen LogP contribution >= 0.6 is 0 Å². The Kier molecular flexibility index (Phi) is 4.03. The third-order valence-corrected chi connectivity index (χ3v) is 5.82. The van der Waals surface area contributed by atoms with Gasteiger partial charge in [0, 0.05) is 31.1 Å². The Hall–Kier alpha value is -2.67. The van der Waals surface area contributed by atoms with E-state index in [1.54, 1.807) is 28.7 Å². The summed E-state index contributed by atoms with van der Waals surface area (Å²) in [5, 5.41) is 0. The Labute approximate surface area is 152 Å². The summed E-state index contributed by atoms with van der Waals surface area (Å²) in [6, 6.07) is 12.3. The first-order valence-electron chi connectivity index (χ1n) is 8.52. The predicted molar refractivity (Wildman–Crippen MR) is 98.9 cm³/mol. The van der Waals surface area contributed by atoms with Gasteiger partial charge in [0.15, 0.2) is 9.84 Å². The van der Waals surface area contributed by atoms with Crippen molar-refractivity contribution in [2.75, 3.05) is 19.3 Å². The van der Waals surface area contributed by atoms with Gasteiger partial charge in [-0.2, -0.15) is 0 Å². The summed E-state index contributed by atoms with van der Waals surface area (Å²) in [6.07, 6.45) is 5.06. The fraction of sp³-hybridized carbons (Fsp3) is 0.263. The van der Waals surface area contributed by atoms with Crippen LogP contribution in [0.4, 0.5) is 0 Å². The van der Waals surface area contributed by atoms with E-state index < -0.39 is 9.84 Å². The summed E-state index contributed by atoms with van der Waals surface area (Å²) in [4.78, 5) is 19.6. The first-order chi connectivity index (χ1) is 12.4. The minimum atomic E-state index is -3.25. The Balaban J connectivity index is 1.82. The molecule has 3 heterocycles. The molecule has 1 amide bonds. The molecule has 6 nitrogen and oxygen atoms in total. The Morgan fingerprint density at radius 2 is 1.73 bits per heavy atom. The Morgan fingerprint density at radius 3 is 2.38 bits per heavy atom. The van der Waals surface area contributed by atoms with E-state index in [1.165, 1.54) is 6.26 Å². The Morgan fingerprint density at radius 1 is 1.04 bits per heavy atom. The lowest BCUT2D eigenvalue weighted by atomic mass is 10.1. The van der Waals surface area contributed by atoms with Crippen LogP contribution in [0.15, 0.2) is 53.6 Å². The molecule has 1 aromatic carbocycles. The minimum absolute atomic E-state index is 0.0669. The highest BCUT2D eigenvalue weighted by Gasteiger charge is 2.25. The fourth-order valence-corrected chi connectivity index (χ4v) is 3.95. The predicted octanol–water partition coefficient (Wildman–Crippen LogP) is 2.64. The van der Waals surface area contributed by atoms with E-state index in [9.17, 15) is 13.2 Å². The second-order valence-electron chi connectivity index (χ2n) is 6.54. The average molecular weight is 369 g/mol. The van der Waals surface area contributed by atoms with Crippen molar-refractivity contribution < 1.29 is 13.2 Å². The van der Waals surface area contributed by atoms with Gasteiger partial charge < -0.3 is 4.90 Å². The van der Waals surface area contributed by atoms with Gasteiger partial charge in [-0.15, -0.1) is 0 Å². The molecule has 0 atom stereocenters. The van der Waals surface area contributed by atoms with Gasteiger partial charge in [0.05, 0.1) is 16.1 Å². The SMILES string of the molecule is CS(=O)(=O)c1ccc(-c2nc(C(=O)N3CCCC3)n3ccccc23)cc1. The number of fused-ring (bicyclic) bond motifs is 1. The molecular formula is C19H19N3O3S. The molecule has 1 fully saturated rings. The van der Waals surface area contributed by atoms with Crippen LogP contribution in [0.5, 0.6) is 0 Å². The largest absolute Gasteiger partial charge is 0.336 e. The van der Waals surface area contributed by atoms with Crippen LogP contribution in [0, 0.1) is 0 Å². The standard InChI is InChI=1S/C19H19N3O3S/c1-26(24,25)15-9-7-14(8-10-15)17-16-6-2-3-13-22(16)18(20-17)19(23)21-11-4-5-12-21/h2-3,6-10,13H,4-5,11-12H2,1H3. The van der Waals surface area contributed by atoms with Crippen LogP contribution < -0.4 is 0 Å². The fourth-order valence-electron chi connectivity index (χ4n) is 3.32. The molecule has 134 valence electrons. The van der Waals surface area contributed by atoms with Gasteiger partial charge in [-0.05, 0) is 37.1 Å². The third kappa shape index (κ3) is 2.88. The highest BCUT2D eigenvalue weighted by molar-refractivity contribution is 7.90. The molecule has 0 radical (unpaired) electrons. The van der Waals surface area contributed by atoms with Crippen molar-refractivity contribution in [2.45, 2.75) is 17.7 Å². The van der Waals surface area contributed by atoms with Crippen molar-refractivity contribution in [1.82, 2.24) is 14.3 Å². The first kappa shape index (κ1) is 16.8. The van der Waals surface area contributed by atoms with Crippen molar-refractivity contribution >= 4 is 21.3 Å². The maximum Gasteiger partial charge on any atom is 0.290 e. The van der Waals surface area contributed by atoms with E-state index in [2.05, 4.69) is 4.98 Å². The number of amides is 1. The van der Waals surface area contributed by atoms with Crippen molar-refractivity contribution in [3.8, 4) is 11.3 Å². The highest BCUT2D eigenvalue weighted by Crippen LogP contribution is 2.27. The maximum absolute atomic E-state index is 12.9. The van der Waals surface area contributed by atoms with Crippen molar-refractivity contribution in [3.05, 3.63) is 54.5 Å². The summed E-state index contributed by atoms with van der Waals surface area (Å²) in [5.74, 6) is 0.326. The van der Waals surface area contributed by atoms with Crippen LogP contribution in [0.1, 0.15) is 23.5 Å². The monoisotopic (exact) mass is 369 g/mol. The maximum atomic E-state index is 12.9. The second-order valence-corrected chi connectivity index (χ2v) is 8.55. The van der Waals surface area contributed by atoms with Gasteiger partial charge in [-0.25, -0.2) is 13.4 Å². The van der Waals surface area contributed by atoms with Gasteiger partial charge >= 0.3 is 0 Å². The highest BCUT2D eigenvalue weighted by atomic mass is 32.2. The van der Waals surface area contributed by atoms with Crippen LogP contribution in [-0.4, -0.2) is 48.0 Å². The summed E-state index contributed by atoms with van der Waals surface area (Å²) < 4.78 is 25.1. The topological polar surface area (TPSA) is 71.7 Å². The van der Waals surface area contributed by atoms with Crippen molar-refractivity contribution in [2.24, 2.45) is 0 Å². The number of carbonyl (C=O) groups excluding carboxylic acids is 1.